The van der Waals surface area contributed by atoms with Crippen molar-refractivity contribution in [3.05, 3.63) is 40.0 Å². The highest BCUT2D eigenvalue weighted by Gasteiger charge is 2.17. The van der Waals surface area contributed by atoms with Crippen molar-refractivity contribution in [1.82, 2.24) is 9.80 Å². The number of halogens is 2. The molecule has 1 saturated heterocycles. The lowest BCUT2D eigenvalue weighted by atomic mass is 10.2. The van der Waals surface area contributed by atoms with Crippen molar-refractivity contribution < 1.29 is 4.79 Å². The molecule has 128 valence electrons. The number of benzene rings is 1. The van der Waals surface area contributed by atoms with Gasteiger partial charge in [0.1, 0.15) is 11.6 Å². The van der Waals surface area contributed by atoms with Crippen LogP contribution >= 0.6 is 23.2 Å². The molecule has 1 aliphatic rings. The normalized spacial score (nSPS) is 15.9. The number of carbonyl (C=O) groups excluding carboxylic acids is 1. The molecule has 0 spiro atoms. The topological polar surface area (TPSA) is 85.4 Å². The van der Waals surface area contributed by atoms with E-state index < -0.39 is 5.91 Å². The van der Waals surface area contributed by atoms with Crippen molar-refractivity contribution >= 4 is 34.8 Å². The minimum atomic E-state index is -0.472. The number of amides is 1. The summed E-state index contributed by atoms with van der Waals surface area (Å²) in [6, 6.07) is 6.71. The molecule has 8 heteroatoms. The Hall–Kier alpha value is -1.78. The Bertz CT molecular complexity index is 663. The zero-order valence-corrected chi connectivity index (χ0v) is 14.6. The average molecular weight is 368 g/mol. The fraction of sp³-hybridized carbons (Fsp3) is 0.375. The van der Waals surface area contributed by atoms with Crippen LogP contribution in [0.25, 0.3) is 0 Å². The third-order valence-electron chi connectivity index (χ3n) is 3.71. The highest BCUT2D eigenvalue weighted by molar-refractivity contribution is 6.42. The maximum absolute atomic E-state index is 12.2. The van der Waals surface area contributed by atoms with Gasteiger partial charge in [-0.3, -0.25) is 9.69 Å². The molecular weight excluding hydrogens is 349 g/mol. The predicted octanol–water partition coefficient (Wildman–Crippen LogP) is 1.92. The largest absolute Gasteiger partial charge is 0.374 e. The Kier molecular flexibility index (Phi) is 6.88. The van der Waals surface area contributed by atoms with Gasteiger partial charge >= 0.3 is 0 Å². The summed E-state index contributed by atoms with van der Waals surface area (Å²) in [5.74, 6) is -0.472. The summed E-state index contributed by atoms with van der Waals surface area (Å²) < 4.78 is 0. The molecule has 1 heterocycles. The van der Waals surface area contributed by atoms with Crippen LogP contribution in [0, 0.1) is 11.3 Å². The summed E-state index contributed by atoms with van der Waals surface area (Å²) in [6.07, 6.45) is 1.60. The van der Waals surface area contributed by atoms with Gasteiger partial charge < -0.3 is 16.0 Å². The number of nitrogens with zero attached hydrogens (tertiary/aromatic N) is 3. The summed E-state index contributed by atoms with van der Waals surface area (Å²) in [6.45, 7) is 4.73. The molecule has 0 unspecified atom stereocenters. The second kappa shape index (κ2) is 8.90. The Morgan fingerprint density at radius 1 is 1.29 bits per heavy atom. The summed E-state index contributed by atoms with van der Waals surface area (Å²) >= 11 is 11.8. The van der Waals surface area contributed by atoms with Gasteiger partial charge in [0.05, 0.1) is 10.0 Å². The molecule has 1 aromatic rings. The molecule has 0 aliphatic carbocycles. The fourth-order valence-corrected chi connectivity index (χ4v) is 2.69. The highest BCUT2D eigenvalue weighted by Crippen LogP contribution is 2.25. The molecule has 0 aromatic heterocycles. The minimum absolute atomic E-state index is 0.0494. The maximum atomic E-state index is 12.2. The van der Waals surface area contributed by atoms with E-state index in [2.05, 4.69) is 10.2 Å². The molecule has 1 aliphatic heterocycles. The predicted molar refractivity (Wildman–Crippen MR) is 95.9 cm³/mol. The molecule has 1 aromatic carbocycles. The summed E-state index contributed by atoms with van der Waals surface area (Å²) in [5, 5.41) is 12.7. The number of anilines is 1. The van der Waals surface area contributed by atoms with Crippen molar-refractivity contribution in [3.8, 4) is 6.07 Å². The fourth-order valence-electron chi connectivity index (χ4n) is 2.39. The average Bonchev–Trinajstić information content (AvgIpc) is 2.57. The van der Waals surface area contributed by atoms with E-state index in [1.165, 1.54) is 0 Å². The van der Waals surface area contributed by atoms with E-state index in [4.69, 9.17) is 28.9 Å². The van der Waals surface area contributed by atoms with Gasteiger partial charge in [-0.05, 0) is 18.2 Å². The van der Waals surface area contributed by atoms with E-state index in [1.54, 1.807) is 24.4 Å². The zero-order chi connectivity index (χ0) is 17.5. The first-order valence-electron chi connectivity index (χ1n) is 7.58. The zero-order valence-electron chi connectivity index (χ0n) is 13.1. The van der Waals surface area contributed by atoms with Gasteiger partial charge in [0.25, 0.3) is 5.91 Å². The second-order valence-electron chi connectivity index (χ2n) is 5.40. The quantitative estimate of drug-likeness (QED) is 0.613. The molecule has 3 N–H and O–H groups in total. The van der Waals surface area contributed by atoms with E-state index in [1.807, 2.05) is 11.0 Å². The summed E-state index contributed by atoms with van der Waals surface area (Å²) in [7, 11) is 0. The minimum Gasteiger partial charge on any atom is -0.374 e. The van der Waals surface area contributed by atoms with E-state index in [0.29, 0.717) is 22.3 Å². The van der Waals surface area contributed by atoms with Gasteiger partial charge in [-0.2, -0.15) is 5.26 Å². The number of carbonyl (C=O) groups is 1. The molecule has 0 saturated carbocycles. The maximum Gasteiger partial charge on any atom is 0.267 e. The molecule has 0 bridgehead atoms. The van der Waals surface area contributed by atoms with E-state index in [-0.39, 0.29) is 5.57 Å². The first kappa shape index (κ1) is 18.6. The molecular formula is C16H19Cl2N5O. The van der Waals surface area contributed by atoms with Crippen molar-refractivity contribution in [1.29, 1.82) is 5.26 Å². The summed E-state index contributed by atoms with van der Waals surface area (Å²) in [5.41, 5.74) is 6.09. The van der Waals surface area contributed by atoms with Crippen molar-refractivity contribution in [2.24, 2.45) is 5.73 Å². The Balaban J connectivity index is 1.98. The van der Waals surface area contributed by atoms with Gasteiger partial charge in [0.15, 0.2) is 0 Å². The first-order chi connectivity index (χ1) is 11.5. The van der Waals surface area contributed by atoms with Crippen LogP contribution in [0.15, 0.2) is 30.0 Å². The van der Waals surface area contributed by atoms with Crippen LogP contribution in [0.3, 0.4) is 0 Å². The van der Waals surface area contributed by atoms with Crippen LogP contribution in [0.5, 0.6) is 0 Å². The van der Waals surface area contributed by atoms with Crippen molar-refractivity contribution in [2.75, 3.05) is 44.6 Å². The van der Waals surface area contributed by atoms with Crippen LogP contribution in [0.1, 0.15) is 0 Å². The van der Waals surface area contributed by atoms with Crippen molar-refractivity contribution in [2.45, 2.75) is 0 Å². The third kappa shape index (κ3) is 5.11. The second-order valence-corrected chi connectivity index (χ2v) is 6.22. The molecule has 1 fully saturated rings. The monoisotopic (exact) mass is 367 g/mol. The molecule has 0 radical (unpaired) electrons. The van der Waals surface area contributed by atoms with Crippen LogP contribution in [-0.2, 0) is 4.79 Å². The number of hydrogen-bond acceptors (Lipinski definition) is 5. The van der Waals surface area contributed by atoms with Crippen LogP contribution in [0.2, 0.25) is 10.0 Å². The van der Waals surface area contributed by atoms with E-state index in [0.717, 1.165) is 32.7 Å². The smallest absolute Gasteiger partial charge is 0.267 e. The Labute approximate surface area is 151 Å². The lowest BCUT2D eigenvalue weighted by Crippen LogP contribution is -2.45. The SMILES string of the molecule is N#C/C(=C/N1CCN(CCN)CC1)C(=O)Nc1ccc(Cl)c(Cl)c1. The number of piperazine rings is 1. The molecule has 24 heavy (non-hydrogen) atoms. The number of nitrogens with one attached hydrogen (secondary N) is 1. The summed E-state index contributed by atoms with van der Waals surface area (Å²) in [4.78, 5) is 16.5. The molecule has 1 amide bonds. The van der Waals surface area contributed by atoms with Crippen LogP contribution in [0.4, 0.5) is 5.69 Å². The van der Waals surface area contributed by atoms with Crippen molar-refractivity contribution in [3.63, 3.8) is 0 Å². The van der Waals surface area contributed by atoms with Gasteiger partial charge in [-0.15, -0.1) is 0 Å². The Morgan fingerprint density at radius 3 is 2.58 bits per heavy atom. The molecule has 0 atom stereocenters. The van der Waals surface area contributed by atoms with E-state index in [9.17, 15) is 10.1 Å². The molecule has 2 rings (SSSR count). The first-order valence-corrected chi connectivity index (χ1v) is 8.34. The Morgan fingerprint density at radius 2 is 2.00 bits per heavy atom. The lowest BCUT2D eigenvalue weighted by molar-refractivity contribution is -0.112. The van der Waals surface area contributed by atoms with Crippen LogP contribution in [-0.4, -0.2) is 55.0 Å². The standard InChI is InChI=1S/C16H19Cl2N5O/c17-14-2-1-13(9-15(14)18)21-16(24)12(10-20)11-23-7-5-22(4-3-19)6-8-23/h1-2,9,11H,3-8,19H2,(H,21,24)/b12-11-. The van der Waals surface area contributed by atoms with Gasteiger partial charge in [0, 0.05) is 51.2 Å². The number of nitriles is 1. The van der Waals surface area contributed by atoms with E-state index >= 15 is 0 Å². The number of nitrogens with two attached hydrogens (primary N) is 1. The lowest BCUT2D eigenvalue weighted by Gasteiger charge is -2.33. The molecule has 6 nitrogen and oxygen atoms in total. The number of rotatable bonds is 5. The van der Waals surface area contributed by atoms with Gasteiger partial charge in [-0.1, -0.05) is 23.2 Å². The number of hydrogen-bond donors (Lipinski definition) is 2. The van der Waals surface area contributed by atoms with Crippen LogP contribution < -0.4 is 11.1 Å². The third-order valence-corrected chi connectivity index (χ3v) is 4.45. The van der Waals surface area contributed by atoms with Gasteiger partial charge in [-0.25, -0.2) is 0 Å². The van der Waals surface area contributed by atoms with Gasteiger partial charge in [0.2, 0.25) is 0 Å². The highest BCUT2D eigenvalue weighted by atomic mass is 35.5.